The Kier molecular flexibility index (Phi) is 9.76. The Morgan fingerprint density at radius 1 is 1.15 bits per heavy atom. The highest BCUT2D eigenvalue weighted by molar-refractivity contribution is 5.79. The lowest BCUT2D eigenvalue weighted by Gasteiger charge is -2.31. The molecular weight excluding hydrogens is 324 g/mol. The summed E-state index contributed by atoms with van der Waals surface area (Å²) in [6.07, 6.45) is 10.5. The summed E-state index contributed by atoms with van der Waals surface area (Å²) in [5.74, 6) is 1.84. The van der Waals surface area contributed by atoms with Crippen molar-refractivity contribution in [2.75, 3.05) is 53.0 Å². The lowest BCUT2D eigenvalue weighted by atomic mass is 9.83. The Hall–Kier alpha value is -0.810. The maximum Gasteiger partial charge on any atom is 0.190 e. The standard InChI is InChI=1S/C21H42N4O/c1-4-25-15-9-19(10-16-25)8-14-23-20(22-3)24-18-21(11-6-7-12-21)13-17-26-5-2/h19H,4-18H2,1-3H3,(H2,22,23,24). The summed E-state index contributed by atoms with van der Waals surface area (Å²) in [6, 6.07) is 0. The smallest absolute Gasteiger partial charge is 0.190 e. The second kappa shape index (κ2) is 11.8. The molecule has 0 spiro atoms. The molecule has 0 atom stereocenters. The van der Waals surface area contributed by atoms with E-state index in [4.69, 9.17) is 4.74 Å². The largest absolute Gasteiger partial charge is 0.382 e. The number of likely N-dealkylation sites (tertiary alicyclic amines) is 1. The van der Waals surface area contributed by atoms with Gasteiger partial charge in [0.25, 0.3) is 0 Å². The monoisotopic (exact) mass is 366 g/mol. The van der Waals surface area contributed by atoms with Crippen LogP contribution in [0.25, 0.3) is 0 Å². The molecule has 0 aromatic rings. The van der Waals surface area contributed by atoms with Crippen LogP contribution in [0.2, 0.25) is 0 Å². The molecule has 0 radical (unpaired) electrons. The van der Waals surface area contributed by atoms with Gasteiger partial charge in [0, 0.05) is 33.4 Å². The van der Waals surface area contributed by atoms with Gasteiger partial charge in [0.05, 0.1) is 0 Å². The van der Waals surface area contributed by atoms with Gasteiger partial charge in [-0.05, 0) is 76.4 Å². The lowest BCUT2D eigenvalue weighted by Crippen LogP contribution is -2.44. The molecule has 0 aromatic carbocycles. The summed E-state index contributed by atoms with van der Waals surface area (Å²) in [7, 11) is 1.89. The van der Waals surface area contributed by atoms with Crippen molar-refractivity contribution in [3.05, 3.63) is 0 Å². The van der Waals surface area contributed by atoms with Crippen molar-refractivity contribution in [1.82, 2.24) is 15.5 Å². The minimum Gasteiger partial charge on any atom is -0.382 e. The SMILES string of the molecule is CCOCCC1(CNC(=NC)NCCC2CCN(CC)CC2)CCCC1. The van der Waals surface area contributed by atoms with Crippen LogP contribution in [0.3, 0.4) is 0 Å². The topological polar surface area (TPSA) is 48.9 Å². The molecular formula is C21H42N4O. The van der Waals surface area contributed by atoms with E-state index in [2.05, 4.69) is 34.4 Å². The second-order valence-corrected chi connectivity index (χ2v) is 8.17. The molecule has 26 heavy (non-hydrogen) atoms. The van der Waals surface area contributed by atoms with E-state index in [1.165, 1.54) is 71.0 Å². The molecule has 0 amide bonds. The average Bonchev–Trinajstić information content (AvgIpc) is 3.14. The Morgan fingerprint density at radius 2 is 1.88 bits per heavy atom. The van der Waals surface area contributed by atoms with Gasteiger partial charge >= 0.3 is 0 Å². The van der Waals surface area contributed by atoms with Gasteiger partial charge in [-0.2, -0.15) is 0 Å². The molecule has 1 heterocycles. The first-order valence-electron chi connectivity index (χ1n) is 11.0. The average molecular weight is 367 g/mol. The molecule has 2 N–H and O–H groups in total. The maximum absolute atomic E-state index is 5.62. The van der Waals surface area contributed by atoms with Crippen LogP contribution in [0.1, 0.15) is 65.2 Å². The van der Waals surface area contributed by atoms with Crippen LogP contribution in [0, 0.1) is 11.3 Å². The normalized spacial score (nSPS) is 21.9. The number of nitrogens with one attached hydrogen (secondary N) is 2. The Balaban J connectivity index is 1.66. The number of aliphatic imine (C=N–C) groups is 1. The molecule has 1 aliphatic carbocycles. The summed E-state index contributed by atoms with van der Waals surface area (Å²) >= 11 is 0. The van der Waals surface area contributed by atoms with Gasteiger partial charge in [-0.15, -0.1) is 0 Å². The predicted molar refractivity (Wildman–Crippen MR) is 111 cm³/mol. The van der Waals surface area contributed by atoms with Crippen molar-refractivity contribution in [2.24, 2.45) is 16.3 Å². The first-order chi connectivity index (χ1) is 12.7. The minimum atomic E-state index is 0.403. The second-order valence-electron chi connectivity index (χ2n) is 8.17. The molecule has 1 saturated heterocycles. The summed E-state index contributed by atoms with van der Waals surface area (Å²) < 4.78 is 5.62. The maximum atomic E-state index is 5.62. The molecule has 0 bridgehead atoms. The van der Waals surface area contributed by atoms with Crippen molar-refractivity contribution in [3.63, 3.8) is 0 Å². The van der Waals surface area contributed by atoms with E-state index in [0.717, 1.165) is 38.2 Å². The minimum absolute atomic E-state index is 0.403. The van der Waals surface area contributed by atoms with Crippen LogP contribution in [0.4, 0.5) is 0 Å². The molecule has 0 unspecified atom stereocenters. The molecule has 2 aliphatic rings. The summed E-state index contributed by atoms with van der Waals surface area (Å²) in [5, 5.41) is 7.15. The van der Waals surface area contributed by atoms with E-state index in [-0.39, 0.29) is 0 Å². The third-order valence-corrected chi connectivity index (χ3v) is 6.50. The molecule has 5 nitrogen and oxygen atoms in total. The van der Waals surface area contributed by atoms with Crippen molar-refractivity contribution >= 4 is 5.96 Å². The molecule has 2 rings (SSSR count). The number of rotatable bonds is 10. The van der Waals surface area contributed by atoms with E-state index in [1.54, 1.807) is 0 Å². The summed E-state index contributed by atoms with van der Waals surface area (Å²) in [6.45, 7) is 11.9. The highest BCUT2D eigenvalue weighted by Crippen LogP contribution is 2.40. The zero-order chi connectivity index (χ0) is 18.7. The number of hydrogen-bond donors (Lipinski definition) is 2. The van der Waals surface area contributed by atoms with Crippen LogP contribution < -0.4 is 10.6 Å². The van der Waals surface area contributed by atoms with Crippen molar-refractivity contribution in [2.45, 2.75) is 65.2 Å². The van der Waals surface area contributed by atoms with Gasteiger partial charge < -0.3 is 20.3 Å². The zero-order valence-electron chi connectivity index (χ0n) is 17.5. The molecule has 152 valence electrons. The number of ether oxygens (including phenoxy) is 1. The van der Waals surface area contributed by atoms with E-state index in [1.807, 2.05) is 7.05 Å². The number of piperidine rings is 1. The Morgan fingerprint density at radius 3 is 2.50 bits per heavy atom. The molecule has 0 aromatic heterocycles. The van der Waals surface area contributed by atoms with E-state index < -0.39 is 0 Å². The molecule has 5 heteroatoms. The van der Waals surface area contributed by atoms with Gasteiger partial charge in [-0.1, -0.05) is 19.8 Å². The molecule has 2 fully saturated rings. The third kappa shape index (κ3) is 7.07. The van der Waals surface area contributed by atoms with Crippen LogP contribution in [0.5, 0.6) is 0 Å². The zero-order valence-corrected chi connectivity index (χ0v) is 17.5. The summed E-state index contributed by atoms with van der Waals surface area (Å²) in [4.78, 5) is 7.00. The van der Waals surface area contributed by atoms with Gasteiger partial charge in [0.1, 0.15) is 0 Å². The quantitative estimate of drug-likeness (QED) is 0.354. The fraction of sp³-hybridized carbons (Fsp3) is 0.952. The summed E-state index contributed by atoms with van der Waals surface area (Å²) in [5.41, 5.74) is 0.403. The Bertz CT molecular complexity index is 399. The van der Waals surface area contributed by atoms with Crippen LogP contribution in [-0.2, 0) is 4.74 Å². The number of hydrogen-bond acceptors (Lipinski definition) is 3. The fourth-order valence-electron chi connectivity index (χ4n) is 4.55. The van der Waals surface area contributed by atoms with Crippen LogP contribution in [0.15, 0.2) is 4.99 Å². The first kappa shape index (κ1) is 21.5. The highest BCUT2D eigenvalue weighted by Gasteiger charge is 2.33. The van der Waals surface area contributed by atoms with Crippen molar-refractivity contribution in [3.8, 4) is 0 Å². The number of guanidine groups is 1. The van der Waals surface area contributed by atoms with E-state index >= 15 is 0 Å². The number of nitrogens with zero attached hydrogens (tertiary/aromatic N) is 2. The highest BCUT2D eigenvalue weighted by atomic mass is 16.5. The van der Waals surface area contributed by atoms with Gasteiger partial charge in [0.2, 0.25) is 0 Å². The van der Waals surface area contributed by atoms with Gasteiger partial charge in [-0.25, -0.2) is 0 Å². The third-order valence-electron chi connectivity index (χ3n) is 6.50. The van der Waals surface area contributed by atoms with Crippen molar-refractivity contribution in [1.29, 1.82) is 0 Å². The van der Waals surface area contributed by atoms with Crippen molar-refractivity contribution < 1.29 is 4.74 Å². The van der Waals surface area contributed by atoms with Gasteiger partial charge in [-0.3, -0.25) is 4.99 Å². The van der Waals surface area contributed by atoms with E-state index in [0.29, 0.717) is 5.41 Å². The van der Waals surface area contributed by atoms with Crippen LogP contribution >= 0.6 is 0 Å². The first-order valence-corrected chi connectivity index (χ1v) is 11.0. The lowest BCUT2D eigenvalue weighted by molar-refractivity contribution is 0.105. The molecule has 1 aliphatic heterocycles. The fourth-order valence-corrected chi connectivity index (χ4v) is 4.55. The molecule has 1 saturated carbocycles. The Labute approximate surface area is 161 Å². The van der Waals surface area contributed by atoms with Gasteiger partial charge in [0.15, 0.2) is 5.96 Å². The van der Waals surface area contributed by atoms with E-state index in [9.17, 15) is 0 Å². The van der Waals surface area contributed by atoms with Crippen LogP contribution in [-0.4, -0.2) is 63.8 Å². The predicted octanol–water partition coefficient (Wildman–Crippen LogP) is 3.26.